The molecule has 1 N–H and O–H groups in total. The third kappa shape index (κ3) is 3.88. The van der Waals surface area contributed by atoms with Crippen LogP contribution in [0.3, 0.4) is 0 Å². The van der Waals surface area contributed by atoms with Gasteiger partial charge in [-0.1, -0.05) is 25.1 Å². The van der Waals surface area contributed by atoms with E-state index in [1.807, 2.05) is 30.3 Å². The first-order valence-corrected chi connectivity index (χ1v) is 7.37. The van der Waals surface area contributed by atoms with E-state index < -0.39 is 0 Å². The van der Waals surface area contributed by atoms with Gasteiger partial charge in [0.15, 0.2) is 0 Å². The molecule has 5 nitrogen and oxygen atoms in total. The number of ether oxygens (including phenoxy) is 1. The lowest BCUT2D eigenvalue weighted by atomic mass is 10.1. The molecule has 2 aromatic carbocycles. The van der Waals surface area contributed by atoms with Crippen LogP contribution in [0.25, 0.3) is 0 Å². The maximum Gasteiger partial charge on any atom is 0.258 e. The highest BCUT2D eigenvalue weighted by molar-refractivity contribution is 6.07. The van der Waals surface area contributed by atoms with Gasteiger partial charge in [0.25, 0.3) is 5.91 Å². The van der Waals surface area contributed by atoms with Gasteiger partial charge in [-0.3, -0.25) is 9.59 Å². The summed E-state index contributed by atoms with van der Waals surface area (Å²) in [5.74, 6) is 0.223. The van der Waals surface area contributed by atoms with Crippen molar-refractivity contribution in [1.29, 1.82) is 0 Å². The number of hydrogen-bond donors (Lipinski definition) is 1. The van der Waals surface area contributed by atoms with Crippen molar-refractivity contribution in [3.05, 3.63) is 54.1 Å². The van der Waals surface area contributed by atoms with Gasteiger partial charge < -0.3 is 15.0 Å². The van der Waals surface area contributed by atoms with E-state index in [-0.39, 0.29) is 11.8 Å². The molecule has 0 unspecified atom stereocenters. The number of methoxy groups -OCH3 is 1. The first-order chi connectivity index (χ1) is 11.1. The topological polar surface area (TPSA) is 58.6 Å². The predicted octanol–water partition coefficient (Wildman–Crippen LogP) is 3.32. The highest BCUT2D eigenvalue weighted by Gasteiger charge is 2.16. The molecule has 0 spiro atoms. The Bertz CT molecular complexity index is 699. The lowest BCUT2D eigenvalue weighted by molar-refractivity contribution is -0.115. The third-order valence-electron chi connectivity index (χ3n) is 3.49. The van der Waals surface area contributed by atoms with Crippen molar-refractivity contribution in [3.8, 4) is 5.75 Å². The zero-order chi connectivity index (χ0) is 16.8. The summed E-state index contributed by atoms with van der Waals surface area (Å²) in [4.78, 5) is 25.8. The summed E-state index contributed by atoms with van der Waals surface area (Å²) in [6, 6.07) is 14.4. The van der Waals surface area contributed by atoms with Crippen LogP contribution < -0.4 is 15.0 Å². The van der Waals surface area contributed by atoms with Crippen LogP contribution in [0.5, 0.6) is 5.75 Å². The highest BCUT2D eigenvalue weighted by atomic mass is 16.5. The fourth-order valence-electron chi connectivity index (χ4n) is 2.14. The number of anilines is 2. The standard InChI is InChI=1S/C18H20N2O3/c1-4-17(21)19-15-12-13(10-11-16(15)23-3)18(22)20(2)14-8-6-5-7-9-14/h5-12H,4H2,1-3H3,(H,19,21). The molecule has 0 fully saturated rings. The molecular formula is C18H20N2O3. The van der Waals surface area contributed by atoms with Crippen molar-refractivity contribution >= 4 is 23.2 Å². The number of para-hydroxylation sites is 1. The number of rotatable bonds is 5. The Morgan fingerprint density at radius 1 is 1.13 bits per heavy atom. The molecule has 0 radical (unpaired) electrons. The summed E-state index contributed by atoms with van der Waals surface area (Å²) in [7, 11) is 3.24. The van der Waals surface area contributed by atoms with Crippen LogP contribution in [-0.4, -0.2) is 26.0 Å². The van der Waals surface area contributed by atoms with E-state index in [2.05, 4.69) is 5.32 Å². The average molecular weight is 312 g/mol. The minimum absolute atomic E-state index is 0.135. The second kappa shape index (κ2) is 7.45. The number of amides is 2. The van der Waals surface area contributed by atoms with E-state index >= 15 is 0 Å². The van der Waals surface area contributed by atoms with Crippen LogP contribution in [0.4, 0.5) is 11.4 Å². The maximum absolute atomic E-state index is 12.6. The fourth-order valence-corrected chi connectivity index (χ4v) is 2.14. The maximum atomic E-state index is 12.6. The normalized spacial score (nSPS) is 10.0. The van der Waals surface area contributed by atoms with Gasteiger partial charge in [-0.25, -0.2) is 0 Å². The molecular weight excluding hydrogens is 292 g/mol. The third-order valence-corrected chi connectivity index (χ3v) is 3.49. The van der Waals surface area contributed by atoms with Gasteiger partial charge in [-0.2, -0.15) is 0 Å². The molecule has 120 valence electrons. The minimum Gasteiger partial charge on any atom is -0.495 e. The summed E-state index contributed by atoms with van der Waals surface area (Å²) >= 11 is 0. The van der Waals surface area contributed by atoms with Gasteiger partial charge >= 0.3 is 0 Å². The van der Waals surface area contributed by atoms with Crippen LogP contribution in [0.2, 0.25) is 0 Å². The quantitative estimate of drug-likeness (QED) is 0.921. The van der Waals surface area contributed by atoms with Gasteiger partial charge in [0.1, 0.15) is 5.75 Å². The molecule has 0 heterocycles. The Morgan fingerprint density at radius 3 is 2.43 bits per heavy atom. The van der Waals surface area contributed by atoms with Gasteiger partial charge in [-0.15, -0.1) is 0 Å². The van der Waals surface area contributed by atoms with E-state index in [9.17, 15) is 9.59 Å². The summed E-state index contributed by atoms with van der Waals surface area (Å²) in [6.45, 7) is 1.76. The van der Waals surface area contributed by atoms with E-state index in [0.29, 0.717) is 23.4 Å². The second-order valence-corrected chi connectivity index (χ2v) is 5.02. The summed E-state index contributed by atoms with van der Waals surface area (Å²) in [5, 5.41) is 2.75. The molecule has 0 atom stereocenters. The van der Waals surface area contributed by atoms with Crippen molar-refractivity contribution in [1.82, 2.24) is 0 Å². The predicted molar refractivity (Wildman–Crippen MR) is 91.1 cm³/mol. The summed E-state index contributed by atoms with van der Waals surface area (Å²) in [6.07, 6.45) is 0.352. The number of carbonyl (C=O) groups excluding carboxylic acids is 2. The van der Waals surface area contributed by atoms with Gasteiger partial charge in [0.2, 0.25) is 5.91 Å². The zero-order valence-corrected chi connectivity index (χ0v) is 13.5. The van der Waals surface area contributed by atoms with E-state index in [1.165, 1.54) is 7.11 Å². The first kappa shape index (κ1) is 16.5. The molecule has 2 amide bonds. The number of hydrogen-bond acceptors (Lipinski definition) is 3. The minimum atomic E-state index is -0.161. The Hall–Kier alpha value is -2.82. The lowest BCUT2D eigenvalue weighted by Gasteiger charge is -2.18. The van der Waals surface area contributed by atoms with Crippen LogP contribution in [-0.2, 0) is 4.79 Å². The van der Waals surface area contributed by atoms with Crippen molar-refractivity contribution in [3.63, 3.8) is 0 Å². The Balaban J connectivity index is 2.30. The molecule has 2 rings (SSSR count). The van der Waals surface area contributed by atoms with E-state index in [4.69, 9.17) is 4.74 Å². The van der Waals surface area contributed by atoms with Gasteiger partial charge in [0, 0.05) is 24.7 Å². The first-order valence-electron chi connectivity index (χ1n) is 7.37. The van der Waals surface area contributed by atoms with Gasteiger partial charge in [-0.05, 0) is 30.3 Å². The second-order valence-electron chi connectivity index (χ2n) is 5.02. The molecule has 0 saturated carbocycles. The Kier molecular flexibility index (Phi) is 5.36. The molecule has 0 aliphatic heterocycles. The molecule has 2 aromatic rings. The zero-order valence-electron chi connectivity index (χ0n) is 13.5. The van der Waals surface area contributed by atoms with Crippen molar-refractivity contribution < 1.29 is 14.3 Å². The van der Waals surface area contributed by atoms with E-state index in [0.717, 1.165) is 5.69 Å². The molecule has 0 saturated heterocycles. The number of nitrogens with one attached hydrogen (secondary N) is 1. The molecule has 0 aliphatic carbocycles. The van der Waals surface area contributed by atoms with Gasteiger partial charge in [0.05, 0.1) is 12.8 Å². The van der Waals surface area contributed by atoms with Crippen LogP contribution in [0.1, 0.15) is 23.7 Å². The van der Waals surface area contributed by atoms with Crippen molar-refractivity contribution in [2.75, 3.05) is 24.4 Å². The average Bonchev–Trinajstić information content (AvgIpc) is 2.61. The smallest absolute Gasteiger partial charge is 0.258 e. The molecule has 23 heavy (non-hydrogen) atoms. The van der Waals surface area contributed by atoms with Crippen LogP contribution in [0.15, 0.2) is 48.5 Å². The van der Waals surface area contributed by atoms with Crippen LogP contribution in [0, 0.1) is 0 Å². The van der Waals surface area contributed by atoms with Crippen LogP contribution >= 0.6 is 0 Å². The highest BCUT2D eigenvalue weighted by Crippen LogP contribution is 2.27. The lowest BCUT2D eigenvalue weighted by Crippen LogP contribution is -2.26. The molecule has 0 aliphatic rings. The van der Waals surface area contributed by atoms with Crippen molar-refractivity contribution in [2.24, 2.45) is 0 Å². The number of nitrogens with zero attached hydrogens (tertiary/aromatic N) is 1. The van der Waals surface area contributed by atoms with Crippen molar-refractivity contribution in [2.45, 2.75) is 13.3 Å². The number of benzene rings is 2. The Labute approximate surface area is 135 Å². The SMILES string of the molecule is CCC(=O)Nc1cc(C(=O)N(C)c2ccccc2)ccc1OC. The molecule has 0 aromatic heterocycles. The summed E-state index contributed by atoms with van der Waals surface area (Å²) < 4.78 is 5.23. The van der Waals surface area contributed by atoms with E-state index in [1.54, 1.807) is 37.1 Å². The largest absolute Gasteiger partial charge is 0.495 e. The monoisotopic (exact) mass is 312 g/mol. The Morgan fingerprint density at radius 2 is 1.83 bits per heavy atom. The summed E-state index contributed by atoms with van der Waals surface area (Å²) in [5.41, 5.74) is 1.77. The molecule has 5 heteroatoms. The fraction of sp³-hybridized carbons (Fsp3) is 0.222. The molecule has 0 bridgehead atoms. The number of carbonyl (C=O) groups is 2.